The van der Waals surface area contributed by atoms with Crippen LogP contribution in [0.5, 0.6) is 0 Å². The Labute approximate surface area is 125 Å². The smallest absolute Gasteiger partial charge is 0.262 e. The van der Waals surface area contributed by atoms with Crippen molar-refractivity contribution in [3.05, 3.63) is 47.1 Å². The van der Waals surface area contributed by atoms with Gasteiger partial charge < -0.3 is 9.84 Å². The second-order valence-corrected chi connectivity index (χ2v) is 4.75. The summed E-state index contributed by atoms with van der Waals surface area (Å²) >= 11 is 0. The molecule has 1 N–H and O–H groups in total. The van der Waals surface area contributed by atoms with E-state index < -0.39 is 17.7 Å². The number of nitrogens with one attached hydrogen (secondary N) is 1. The number of carbonyl (C=O) groups excluding carboxylic acids is 3. The average molecular weight is 300 g/mol. The number of amides is 3. The molecule has 0 saturated carbocycles. The zero-order chi connectivity index (χ0) is 15.7. The summed E-state index contributed by atoms with van der Waals surface area (Å²) in [6.45, 7) is 1.36. The lowest BCUT2D eigenvalue weighted by molar-refractivity contribution is -0.121. The second kappa shape index (κ2) is 5.40. The van der Waals surface area contributed by atoms with Gasteiger partial charge in [0.05, 0.1) is 17.7 Å². The Morgan fingerprint density at radius 1 is 1.23 bits per heavy atom. The maximum absolute atomic E-state index is 12.1. The van der Waals surface area contributed by atoms with Crippen molar-refractivity contribution in [2.45, 2.75) is 13.5 Å². The van der Waals surface area contributed by atoms with E-state index >= 15 is 0 Å². The fraction of sp³-hybridized carbons (Fsp3) is 0.214. The van der Waals surface area contributed by atoms with Crippen molar-refractivity contribution < 1.29 is 18.9 Å². The van der Waals surface area contributed by atoms with E-state index in [-0.39, 0.29) is 19.0 Å². The van der Waals surface area contributed by atoms with Crippen LogP contribution >= 0.6 is 0 Å². The molecule has 2 aromatic rings. The van der Waals surface area contributed by atoms with Gasteiger partial charge >= 0.3 is 0 Å². The summed E-state index contributed by atoms with van der Waals surface area (Å²) < 4.78 is 4.85. The lowest BCUT2D eigenvalue weighted by Crippen LogP contribution is -2.40. The standard InChI is InChI=1S/C14H12N4O4/c1-8-16-12(22-17-8)6-15-11(19)7-18-13(20)9-4-2-3-5-10(9)14(18)21/h2-5H,6-7H2,1H3,(H,15,19). The highest BCUT2D eigenvalue weighted by Crippen LogP contribution is 2.21. The van der Waals surface area contributed by atoms with E-state index in [0.29, 0.717) is 17.0 Å². The van der Waals surface area contributed by atoms with Crippen LogP contribution in [0.1, 0.15) is 32.4 Å². The Hall–Kier alpha value is -3.03. The molecule has 8 heteroatoms. The molecule has 1 aromatic carbocycles. The molecule has 112 valence electrons. The van der Waals surface area contributed by atoms with Crippen LogP contribution in [-0.2, 0) is 11.3 Å². The van der Waals surface area contributed by atoms with Gasteiger partial charge in [-0.2, -0.15) is 4.98 Å². The highest BCUT2D eigenvalue weighted by molar-refractivity contribution is 6.22. The summed E-state index contributed by atoms with van der Waals surface area (Å²) in [4.78, 5) is 40.9. The number of aromatic nitrogens is 2. The van der Waals surface area contributed by atoms with Crippen LogP contribution in [0.15, 0.2) is 28.8 Å². The molecule has 8 nitrogen and oxygen atoms in total. The molecule has 0 unspecified atom stereocenters. The van der Waals surface area contributed by atoms with Gasteiger partial charge in [-0.15, -0.1) is 0 Å². The molecule has 0 bridgehead atoms. The lowest BCUT2D eigenvalue weighted by atomic mass is 10.1. The molecule has 1 aliphatic heterocycles. The fourth-order valence-corrected chi connectivity index (χ4v) is 2.17. The number of fused-ring (bicyclic) bond motifs is 1. The van der Waals surface area contributed by atoms with Crippen LogP contribution < -0.4 is 5.32 Å². The van der Waals surface area contributed by atoms with E-state index in [1.165, 1.54) is 0 Å². The summed E-state index contributed by atoms with van der Waals surface area (Å²) in [6.07, 6.45) is 0. The molecule has 0 radical (unpaired) electrons. The van der Waals surface area contributed by atoms with Crippen LogP contribution in [0, 0.1) is 6.92 Å². The molecule has 3 rings (SSSR count). The van der Waals surface area contributed by atoms with E-state index in [1.54, 1.807) is 31.2 Å². The van der Waals surface area contributed by atoms with Crippen molar-refractivity contribution in [3.63, 3.8) is 0 Å². The number of nitrogens with zero attached hydrogens (tertiary/aromatic N) is 3. The Morgan fingerprint density at radius 2 is 1.86 bits per heavy atom. The number of imide groups is 1. The summed E-state index contributed by atoms with van der Waals surface area (Å²) in [6, 6.07) is 6.47. The van der Waals surface area contributed by atoms with Gasteiger partial charge in [0.2, 0.25) is 11.8 Å². The Balaban J connectivity index is 1.63. The predicted molar refractivity (Wildman–Crippen MR) is 72.7 cm³/mol. The highest BCUT2D eigenvalue weighted by atomic mass is 16.5. The predicted octanol–water partition coefficient (Wildman–Crippen LogP) is 0.290. The first-order valence-electron chi connectivity index (χ1n) is 6.57. The molecular weight excluding hydrogens is 288 g/mol. The summed E-state index contributed by atoms with van der Waals surface area (Å²) in [5.74, 6) is -0.697. The number of hydrogen-bond donors (Lipinski definition) is 1. The first kappa shape index (κ1) is 13.9. The van der Waals surface area contributed by atoms with Gasteiger partial charge in [0.25, 0.3) is 11.8 Å². The first-order valence-corrected chi connectivity index (χ1v) is 6.57. The Kier molecular flexibility index (Phi) is 3.42. The topological polar surface area (TPSA) is 105 Å². The zero-order valence-electron chi connectivity index (χ0n) is 11.7. The molecule has 1 aromatic heterocycles. The van der Waals surface area contributed by atoms with Crippen LogP contribution in [0.2, 0.25) is 0 Å². The molecule has 0 spiro atoms. The molecule has 3 amide bonds. The summed E-state index contributed by atoms with van der Waals surface area (Å²) in [5.41, 5.74) is 0.626. The molecule has 0 fully saturated rings. The molecule has 2 heterocycles. The third-order valence-electron chi connectivity index (χ3n) is 3.19. The van der Waals surface area contributed by atoms with Crippen molar-refractivity contribution in [1.82, 2.24) is 20.4 Å². The summed E-state index contributed by atoms with van der Waals surface area (Å²) in [7, 11) is 0. The molecule has 0 atom stereocenters. The second-order valence-electron chi connectivity index (χ2n) is 4.75. The van der Waals surface area contributed by atoms with Gasteiger partial charge in [-0.3, -0.25) is 19.3 Å². The van der Waals surface area contributed by atoms with Gasteiger partial charge in [0.1, 0.15) is 6.54 Å². The van der Waals surface area contributed by atoms with E-state index in [2.05, 4.69) is 15.5 Å². The number of benzene rings is 1. The normalized spacial score (nSPS) is 13.4. The van der Waals surface area contributed by atoms with Crippen LogP contribution in [0.25, 0.3) is 0 Å². The fourth-order valence-electron chi connectivity index (χ4n) is 2.17. The van der Waals surface area contributed by atoms with E-state index in [9.17, 15) is 14.4 Å². The molecule has 22 heavy (non-hydrogen) atoms. The number of aryl methyl sites for hydroxylation is 1. The zero-order valence-corrected chi connectivity index (χ0v) is 11.7. The Bertz CT molecular complexity index is 733. The number of rotatable bonds is 4. The average Bonchev–Trinajstić information content (AvgIpc) is 3.03. The third-order valence-corrected chi connectivity index (χ3v) is 3.19. The van der Waals surface area contributed by atoms with Gasteiger partial charge in [0.15, 0.2) is 5.82 Å². The number of carbonyl (C=O) groups is 3. The first-order chi connectivity index (χ1) is 10.6. The largest absolute Gasteiger partial charge is 0.345 e. The van der Waals surface area contributed by atoms with Crippen LogP contribution in [0.4, 0.5) is 0 Å². The number of hydrogen-bond acceptors (Lipinski definition) is 6. The highest BCUT2D eigenvalue weighted by Gasteiger charge is 2.36. The minimum atomic E-state index is -0.481. The van der Waals surface area contributed by atoms with Crippen LogP contribution in [-0.4, -0.2) is 39.3 Å². The monoisotopic (exact) mass is 300 g/mol. The third kappa shape index (κ3) is 2.46. The van der Waals surface area contributed by atoms with Crippen molar-refractivity contribution in [2.75, 3.05) is 6.54 Å². The van der Waals surface area contributed by atoms with Gasteiger partial charge in [-0.05, 0) is 19.1 Å². The van der Waals surface area contributed by atoms with Crippen molar-refractivity contribution in [1.29, 1.82) is 0 Å². The maximum Gasteiger partial charge on any atom is 0.262 e. The Morgan fingerprint density at radius 3 is 2.41 bits per heavy atom. The van der Waals surface area contributed by atoms with Crippen LogP contribution in [0.3, 0.4) is 0 Å². The van der Waals surface area contributed by atoms with Crippen molar-refractivity contribution >= 4 is 17.7 Å². The molecule has 1 aliphatic rings. The lowest BCUT2D eigenvalue weighted by Gasteiger charge is -2.12. The SMILES string of the molecule is Cc1noc(CNC(=O)CN2C(=O)c3ccccc3C2=O)n1. The van der Waals surface area contributed by atoms with Crippen molar-refractivity contribution in [2.24, 2.45) is 0 Å². The van der Waals surface area contributed by atoms with Gasteiger partial charge in [-0.1, -0.05) is 17.3 Å². The molecule has 0 aliphatic carbocycles. The maximum atomic E-state index is 12.1. The van der Waals surface area contributed by atoms with E-state index in [0.717, 1.165) is 4.90 Å². The van der Waals surface area contributed by atoms with E-state index in [1.807, 2.05) is 0 Å². The van der Waals surface area contributed by atoms with E-state index in [4.69, 9.17) is 4.52 Å². The molecule has 0 saturated heterocycles. The van der Waals surface area contributed by atoms with Gasteiger partial charge in [0, 0.05) is 0 Å². The van der Waals surface area contributed by atoms with Crippen molar-refractivity contribution in [3.8, 4) is 0 Å². The minimum absolute atomic E-state index is 0.0445. The van der Waals surface area contributed by atoms with Gasteiger partial charge in [-0.25, -0.2) is 0 Å². The minimum Gasteiger partial charge on any atom is -0.345 e. The summed E-state index contributed by atoms with van der Waals surface area (Å²) in [5, 5.41) is 6.12. The molecular formula is C14H12N4O4. The quantitative estimate of drug-likeness (QED) is 0.814.